The highest BCUT2D eigenvalue weighted by Gasteiger charge is 2.09. The zero-order valence-electron chi connectivity index (χ0n) is 13.0. The van der Waals surface area contributed by atoms with Gasteiger partial charge in [0.15, 0.2) is 0 Å². The summed E-state index contributed by atoms with van der Waals surface area (Å²) in [6, 6.07) is 23.6. The first-order chi connectivity index (χ1) is 11.2. The van der Waals surface area contributed by atoms with E-state index in [1.54, 1.807) is 13.2 Å². The summed E-state index contributed by atoms with van der Waals surface area (Å²) in [5.41, 5.74) is 4.80. The standard InChI is InChI=1S/C21H18O2/c1-15(20-13-12-19(23-2)14-21(20)22)16-8-10-18(11-9-16)17-6-4-3-5-7-17/h3-14,22H,1H2,2H3. The topological polar surface area (TPSA) is 29.5 Å². The Morgan fingerprint density at radius 1 is 0.870 bits per heavy atom. The Labute approximate surface area is 136 Å². The third kappa shape index (κ3) is 3.11. The summed E-state index contributed by atoms with van der Waals surface area (Å²) in [4.78, 5) is 0. The van der Waals surface area contributed by atoms with Crippen molar-refractivity contribution >= 4 is 5.57 Å². The van der Waals surface area contributed by atoms with Crippen molar-refractivity contribution in [2.24, 2.45) is 0 Å². The summed E-state index contributed by atoms with van der Waals surface area (Å²) in [7, 11) is 1.57. The van der Waals surface area contributed by atoms with Gasteiger partial charge in [-0.3, -0.25) is 0 Å². The van der Waals surface area contributed by atoms with Gasteiger partial charge in [0.25, 0.3) is 0 Å². The highest BCUT2D eigenvalue weighted by molar-refractivity contribution is 5.82. The van der Waals surface area contributed by atoms with Crippen molar-refractivity contribution in [2.45, 2.75) is 0 Å². The molecule has 3 rings (SSSR count). The molecule has 0 radical (unpaired) electrons. The second kappa shape index (κ2) is 6.41. The Balaban J connectivity index is 1.89. The molecule has 0 spiro atoms. The van der Waals surface area contributed by atoms with E-state index >= 15 is 0 Å². The highest BCUT2D eigenvalue weighted by Crippen LogP contribution is 2.32. The Bertz CT molecular complexity index is 818. The molecule has 114 valence electrons. The van der Waals surface area contributed by atoms with Crippen LogP contribution in [0.4, 0.5) is 0 Å². The van der Waals surface area contributed by atoms with Gasteiger partial charge in [-0.25, -0.2) is 0 Å². The lowest BCUT2D eigenvalue weighted by molar-refractivity contribution is 0.407. The van der Waals surface area contributed by atoms with Gasteiger partial charge in [-0.05, 0) is 34.4 Å². The van der Waals surface area contributed by atoms with Crippen LogP contribution in [0.2, 0.25) is 0 Å². The predicted molar refractivity (Wildman–Crippen MR) is 94.7 cm³/mol. The lowest BCUT2D eigenvalue weighted by Crippen LogP contribution is -1.89. The van der Waals surface area contributed by atoms with Crippen LogP contribution in [0.1, 0.15) is 11.1 Å². The van der Waals surface area contributed by atoms with Crippen LogP contribution in [-0.4, -0.2) is 12.2 Å². The SMILES string of the molecule is C=C(c1ccc(-c2ccccc2)cc1)c1ccc(OC)cc1O. The van der Waals surface area contributed by atoms with Gasteiger partial charge in [-0.1, -0.05) is 61.2 Å². The Kier molecular flexibility index (Phi) is 4.15. The van der Waals surface area contributed by atoms with Crippen molar-refractivity contribution < 1.29 is 9.84 Å². The summed E-state index contributed by atoms with van der Waals surface area (Å²) < 4.78 is 5.11. The van der Waals surface area contributed by atoms with Crippen LogP contribution in [-0.2, 0) is 0 Å². The molecule has 0 aliphatic heterocycles. The number of ether oxygens (including phenoxy) is 1. The van der Waals surface area contributed by atoms with E-state index in [1.165, 1.54) is 5.56 Å². The van der Waals surface area contributed by atoms with Gasteiger partial charge in [0, 0.05) is 11.6 Å². The van der Waals surface area contributed by atoms with Crippen molar-refractivity contribution in [3.63, 3.8) is 0 Å². The quantitative estimate of drug-likeness (QED) is 0.724. The van der Waals surface area contributed by atoms with Crippen molar-refractivity contribution in [2.75, 3.05) is 7.11 Å². The number of aromatic hydroxyl groups is 1. The third-order valence-electron chi connectivity index (χ3n) is 3.87. The maximum atomic E-state index is 10.1. The smallest absolute Gasteiger partial charge is 0.127 e. The molecule has 0 aromatic heterocycles. The fourth-order valence-corrected chi connectivity index (χ4v) is 2.54. The first-order valence-corrected chi connectivity index (χ1v) is 7.41. The molecule has 2 heteroatoms. The molecule has 0 amide bonds. The number of hydrogen-bond acceptors (Lipinski definition) is 2. The van der Waals surface area contributed by atoms with Gasteiger partial charge in [-0.2, -0.15) is 0 Å². The van der Waals surface area contributed by atoms with Crippen LogP contribution in [0.5, 0.6) is 11.5 Å². The van der Waals surface area contributed by atoms with E-state index in [4.69, 9.17) is 4.74 Å². The van der Waals surface area contributed by atoms with Crippen LogP contribution in [0.15, 0.2) is 79.4 Å². The molecule has 0 fully saturated rings. The van der Waals surface area contributed by atoms with E-state index in [9.17, 15) is 5.11 Å². The summed E-state index contributed by atoms with van der Waals surface area (Å²) in [6.07, 6.45) is 0. The molecule has 0 atom stereocenters. The molecule has 2 nitrogen and oxygen atoms in total. The average molecular weight is 302 g/mol. The summed E-state index contributed by atoms with van der Waals surface area (Å²) in [5, 5.41) is 10.1. The zero-order chi connectivity index (χ0) is 16.2. The summed E-state index contributed by atoms with van der Waals surface area (Å²) in [6.45, 7) is 4.11. The lowest BCUT2D eigenvalue weighted by atomic mass is 9.96. The monoisotopic (exact) mass is 302 g/mol. The molecule has 1 N–H and O–H groups in total. The first-order valence-electron chi connectivity index (χ1n) is 7.41. The van der Waals surface area contributed by atoms with Gasteiger partial charge in [0.1, 0.15) is 11.5 Å². The van der Waals surface area contributed by atoms with Gasteiger partial charge < -0.3 is 9.84 Å². The molecular weight excluding hydrogens is 284 g/mol. The van der Waals surface area contributed by atoms with Crippen LogP contribution in [0.3, 0.4) is 0 Å². The molecule has 0 aliphatic carbocycles. The summed E-state index contributed by atoms with van der Waals surface area (Å²) in [5.74, 6) is 0.792. The fourth-order valence-electron chi connectivity index (χ4n) is 2.54. The summed E-state index contributed by atoms with van der Waals surface area (Å²) >= 11 is 0. The van der Waals surface area contributed by atoms with Crippen molar-refractivity contribution in [3.8, 4) is 22.6 Å². The lowest BCUT2D eigenvalue weighted by Gasteiger charge is -2.11. The first kappa shape index (κ1) is 14.9. The van der Waals surface area contributed by atoms with Gasteiger partial charge >= 0.3 is 0 Å². The van der Waals surface area contributed by atoms with Crippen LogP contribution < -0.4 is 4.74 Å². The third-order valence-corrected chi connectivity index (χ3v) is 3.87. The second-order valence-corrected chi connectivity index (χ2v) is 5.31. The van der Waals surface area contributed by atoms with E-state index in [2.05, 4.69) is 30.8 Å². The Morgan fingerprint density at radius 2 is 1.52 bits per heavy atom. The van der Waals surface area contributed by atoms with Crippen molar-refractivity contribution in [3.05, 3.63) is 90.5 Å². The number of phenols is 1. The predicted octanol–water partition coefficient (Wildman–Crippen LogP) is 5.13. The number of methoxy groups -OCH3 is 1. The number of rotatable bonds is 4. The number of benzene rings is 3. The molecule has 0 bridgehead atoms. The molecular formula is C21H18O2. The van der Waals surface area contributed by atoms with Crippen LogP contribution in [0.25, 0.3) is 16.7 Å². The van der Waals surface area contributed by atoms with E-state index in [0.29, 0.717) is 11.3 Å². The Morgan fingerprint density at radius 3 is 2.13 bits per heavy atom. The maximum Gasteiger partial charge on any atom is 0.127 e. The van der Waals surface area contributed by atoms with Gasteiger partial charge in [-0.15, -0.1) is 0 Å². The normalized spacial score (nSPS) is 10.3. The van der Waals surface area contributed by atoms with E-state index < -0.39 is 0 Å². The Hall–Kier alpha value is -3.00. The van der Waals surface area contributed by atoms with Gasteiger partial charge in [0.2, 0.25) is 0 Å². The van der Waals surface area contributed by atoms with Crippen LogP contribution >= 0.6 is 0 Å². The van der Waals surface area contributed by atoms with Crippen molar-refractivity contribution in [1.29, 1.82) is 0 Å². The maximum absolute atomic E-state index is 10.1. The van der Waals surface area contributed by atoms with Crippen molar-refractivity contribution in [1.82, 2.24) is 0 Å². The fraction of sp³-hybridized carbons (Fsp3) is 0.0476. The minimum atomic E-state index is 0.168. The molecule has 0 saturated carbocycles. The number of phenolic OH excluding ortho intramolecular Hbond substituents is 1. The molecule has 0 unspecified atom stereocenters. The largest absolute Gasteiger partial charge is 0.507 e. The average Bonchev–Trinajstić information content (AvgIpc) is 2.62. The van der Waals surface area contributed by atoms with Crippen LogP contribution in [0, 0.1) is 0 Å². The van der Waals surface area contributed by atoms with E-state index in [0.717, 1.165) is 16.7 Å². The molecule has 0 aliphatic rings. The molecule has 0 heterocycles. The minimum Gasteiger partial charge on any atom is -0.507 e. The van der Waals surface area contributed by atoms with E-state index in [1.807, 2.05) is 42.5 Å². The minimum absolute atomic E-state index is 0.168. The molecule has 23 heavy (non-hydrogen) atoms. The van der Waals surface area contributed by atoms with E-state index in [-0.39, 0.29) is 5.75 Å². The zero-order valence-corrected chi connectivity index (χ0v) is 13.0. The highest BCUT2D eigenvalue weighted by atomic mass is 16.5. The number of hydrogen-bond donors (Lipinski definition) is 1. The molecule has 0 saturated heterocycles. The van der Waals surface area contributed by atoms with Gasteiger partial charge in [0.05, 0.1) is 7.11 Å². The molecule has 3 aromatic rings. The second-order valence-electron chi connectivity index (χ2n) is 5.31. The molecule has 3 aromatic carbocycles.